The van der Waals surface area contributed by atoms with Crippen LogP contribution >= 0.6 is 11.8 Å². The number of nitrogens with one attached hydrogen (secondary N) is 1. The predicted octanol–water partition coefficient (Wildman–Crippen LogP) is 4.16. The normalized spacial score (nSPS) is 19.4. The van der Waals surface area contributed by atoms with Crippen LogP contribution in [0.4, 0.5) is 18.0 Å². The van der Waals surface area contributed by atoms with Gasteiger partial charge in [-0.3, -0.25) is 9.69 Å². The first kappa shape index (κ1) is 21.9. The molecule has 0 saturated carbocycles. The number of thioether (sulfide) groups is 1. The van der Waals surface area contributed by atoms with E-state index in [1.807, 2.05) is 11.0 Å². The van der Waals surface area contributed by atoms with E-state index in [0.717, 1.165) is 35.6 Å². The van der Waals surface area contributed by atoms with E-state index in [-0.39, 0.29) is 35.4 Å². The molecule has 0 bridgehead atoms. The second-order valence-electron chi connectivity index (χ2n) is 7.01. The molecule has 1 saturated heterocycles. The lowest BCUT2D eigenvalue weighted by Crippen LogP contribution is -2.33. The number of nitrogens with zero attached hydrogens (tertiary/aromatic N) is 3. The zero-order valence-electron chi connectivity index (χ0n) is 16.0. The summed E-state index contributed by atoms with van der Waals surface area (Å²) < 4.78 is 40.1. The largest absolute Gasteiger partial charge is 0.416 e. The van der Waals surface area contributed by atoms with E-state index >= 15 is 0 Å². The second-order valence-corrected chi connectivity index (χ2v) is 8.01. The molecule has 9 heteroatoms. The number of amidine groups is 1. The van der Waals surface area contributed by atoms with Crippen molar-refractivity contribution in [1.82, 2.24) is 10.2 Å². The Kier molecular flexibility index (Phi) is 6.86. The van der Waals surface area contributed by atoms with E-state index in [0.29, 0.717) is 18.9 Å². The summed E-state index contributed by atoms with van der Waals surface area (Å²) in [6, 6.07) is 5.47. The van der Waals surface area contributed by atoms with E-state index in [4.69, 9.17) is 11.7 Å². The van der Waals surface area contributed by atoms with Gasteiger partial charge < -0.3 is 5.32 Å². The van der Waals surface area contributed by atoms with Crippen molar-refractivity contribution in [2.75, 3.05) is 19.6 Å². The van der Waals surface area contributed by atoms with Crippen LogP contribution in [0, 0.1) is 29.6 Å². The van der Waals surface area contributed by atoms with Gasteiger partial charge in [-0.15, -0.1) is 6.42 Å². The number of amides is 1. The second kappa shape index (κ2) is 9.38. The Morgan fingerprint density at radius 1 is 1.37 bits per heavy atom. The topological polar surface area (TPSA) is 68.5 Å². The fourth-order valence-corrected chi connectivity index (χ4v) is 4.27. The summed E-state index contributed by atoms with van der Waals surface area (Å²) in [5.74, 6) is 3.13. The fraction of sp³-hybridized carbons (Fsp3) is 0.381. The van der Waals surface area contributed by atoms with Gasteiger partial charge in [-0.2, -0.15) is 23.4 Å². The number of likely N-dealkylation sites (tertiary alicyclic amines) is 1. The number of hydrogen-bond acceptors (Lipinski definition) is 5. The zero-order valence-corrected chi connectivity index (χ0v) is 16.8. The quantitative estimate of drug-likeness (QED) is 0.724. The Hall–Kier alpha value is -2.75. The lowest BCUT2D eigenvalue weighted by Gasteiger charge is -2.31. The van der Waals surface area contributed by atoms with Gasteiger partial charge in [0.2, 0.25) is 0 Å². The minimum absolute atomic E-state index is 0.00377. The van der Waals surface area contributed by atoms with Gasteiger partial charge in [0.25, 0.3) is 0 Å². The highest BCUT2D eigenvalue weighted by atomic mass is 32.2. The molecule has 1 aromatic carbocycles. The maximum atomic E-state index is 13.4. The van der Waals surface area contributed by atoms with Crippen molar-refractivity contribution < 1.29 is 18.0 Å². The fourth-order valence-electron chi connectivity index (χ4n) is 3.47. The number of alkyl halides is 3. The molecule has 0 aromatic heterocycles. The summed E-state index contributed by atoms with van der Waals surface area (Å²) in [4.78, 5) is 18.2. The van der Waals surface area contributed by atoms with Gasteiger partial charge in [0.05, 0.1) is 28.6 Å². The summed E-state index contributed by atoms with van der Waals surface area (Å²) in [6.45, 7) is 1.71. The van der Waals surface area contributed by atoms with Crippen molar-refractivity contribution in [2.45, 2.75) is 25.6 Å². The van der Waals surface area contributed by atoms with E-state index in [2.05, 4.69) is 16.2 Å². The third-order valence-corrected chi connectivity index (χ3v) is 5.76. The SMILES string of the molecule is C#CCNC1=NC(=O)S/C1=C\C1CCN(Cc2ccc(C#N)cc2C(F)(F)F)CC1. The zero-order chi connectivity index (χ0) is 21.7. The van der Waals surface area contributed by atoms with Crippen molar-refractivity contribution in [3.63, 3.8) is 0 Å². The number of carbonyl (C=O) groups excluding carboxylic acids is 1. The molecular formula is C21H19F3N4OS. The molecule has 5 nitrogen and oxygen atoms in total. The average molecular weight is 432 g/mol. The number of carbonyl (C=O) groups is 1. The number of hydrogen-bond donors (Lipinski definition) is 1. The number of halogens is 3. The monoisotopic (exact) mass is 432 g/mol. The van der Waals surface area contributed by atoms with Crippen molar-refractivity contribution in [2.24, 2.45) is 10.9 Å². The lowest BCUT2D eigenvalue weighted by molar-refractivity contribution is -0.138. The van der Waals surface area contributed by atoms with Crippen LogP contribution < -0.4 is 5.32 Å². The summed E-state index contributed by atoms with van der Waals surface area (Å²) >= 11 is 1.05. The van der Waals surface area contributed by atoms with Crippen LogP contribution in [0.3, 0.4) is 0 Å². The van der Waals surface area contributed by atoms with Crippen LogP contribution in [0.2, 0.25) is 0 Å². The van der Waals surface area contributed by atoms with Gasteiger partial charge in [-0.1, -0.05) is 18.1 Å². The van der Waals surface area contributed by atoms with Crippen molar-refractivity contribution in [3.05, 3.63) is 45.9 Å². The van der Waals surface area contributed by atoms with Crippen molar-refractivity contribution in [1.29, 1.82) is 5.26 Å². The third-order valence-electron chi connectivity index (χ3n) is 4.95. The molecule has 3 rings (SSSR count). The van der Waals surface area contributed by atoms with Crippen molar-refractivity contribution in [3.8, 4) is 18.4 Å². The van der Waals surface area contributed by atoms with E-state index in [1.54, 1.807) is 6.07 Å². The van der Waals surface area contributed by atoms with Crippen LogP contribution in [-0.2, 0) is 12.7 Å². The Morgan fingerprint density at radius 2 is 2.10 bits per heavy atom. The maximum Gasteiger partial charge on any atom is 0.416 e. The molecule has 156 valence electrons. The minimum Gasteiger partial charge on any atom is -0.358 e. The smallest absolute Gasteiger partial charge is 0.358 e. The molecule has 0 radical (unpaired) electrons. The summed E-state index contributed by atoms with van der Waals surface area (Å²) in [5.41, 5.74) is -0.591. The first-order chi connectivity index (χ1) is 14.3. The third kappa shape index (κ3) is 5.44. The molecule has 1 amide bonds. The van der Waals surface area contributed by atoms with Crippen LogP contribution in [-0.4, -0.2) is 35.6 Å². The highest BCUT2D eigenvalue weighted by Crippen LogP contribution is 2.34. The molecule has 0 unspecified atom stereocenters. The number of benzene rings is 1. The number of rotatable bonds is 4. The molecule has 1 N–H and O–H groups in total. The first-order valence-corrected chi connectivity index (χ1v) is 10.1. The molecule has 30 heavy (non-hydrogen) atoms. The number of terminal acetylenes is 1. The summed E-state index contributed by atoms with van der Waals surface area (Å²) in [6.07, 6.45) is 4.25. The molecule has 0 spiro atoms. The number of piperidine rings is 1. The molecular weight excluding hydrogens is 413 g/mol. The molecule has 0 atom stereocenters. The molecule has 1 aromatic rings. The Morgan fingerprint density at radius 3 is 2.73 bits per heavy atom. The Balaban J connectivity index is 1.63. The van der Waals surface area contributed by atoms with Crippen molar-refractivity contribution >= 4 is 22.8 Å². The van der Waals surface area contributed by atoms with E-state index in [9.17, 15) is 18.0 Å². The minimum atomic E-state index is -4.50. The molecule has 1 fully saturated rings. The van der Waals surface area contributed by atoms with Crippen LogP contribution in [0.25, 0.3) is 0 Å². The van der Waals surface area contributed by atoms with Crippen LogP contribution in [0.5, 0.6) is 0 Å². The lowest BCUT2D eigenvalue weighted by atomic mass is 9.95. The maximum absolute atomic E-state index is 13.4. The molecule has 2 aliphatic rings. The van der Waals surface area contributed by atoms with Gasteiger partial charge in [-0.05, 0) is 61.3 Å². The standard InChI is InChI=1S/C21H19F3N4OS/c1-2-7-26-19-18(30-20(29)27-19)11-14-5-8-28(9-6-14)13-16-4-3-15(12-25)10-17(16)21(22,23)24/h1,3-4,10-11,14H,5-9,13H2,(H,26,27,29)/b18-11-. The van der Waals surface area contributed by atoms with Gasteiger partial charge >= 0.3 is 11.4 Å². The van der Waals surface area contributed by atoms with Gasteiger partial charge in [0, 0.05) is 6.54 Å². The first-order valence-electron chi connectivity index (χ1n) is 9.32. The number of aliphatic imine (C=N–C) groups is 1. The highest BCUT2D eigenvalue weighted by Gasteiger charge is 2.34. The van der Waals surface area contributed by atoms with Gasteiger partial charge in [0.15, 0.2) is 0 Å². The molecule has 0 aliphatic carbocycles. The van der Waals surface area contributed by atoms with Gasteiger partial charge in [0.1, 0.15) is 5.84 Å². The number of allylic oxidation sites excluding steroid dienone is 1. The summed E-state index contributed by atoms with van der Waals surface area (Å²) in [7, 11) is 0. The Labute approximate surface area is 177 Å². The van der Waals surface area contributed by atoms with Gasteiger partial charge in [-0.25, -0.2) is 0 Å². The highest BCUT2D eigenvalue weighted by molar-refractivity contribution is 8.18. The average Bonchev–Trinajstić information content (AvgIpc) is 3.06. The summed E-state index contributed by atoms with van der Waals surface area (Å²) in [5, 5.41) is 11.5. The Bertz CT molecular complexity index is 964. The number of nitriles is 1. The van der Waals surface area contributed by atoms with Crippen LogP contribution in [0.1, 0.15) is 29.5 Å². The molecule has 2 aliphatic heterocycles. The van der Waals surface area contributed by atoms with Crippen LogP contribution in [0.15, 0.2) is 34.2 Å². The predicted molar refractivity (Wildman–Crippen MR) is 110 cm³/mol. The van der Waals surface area contributed by atoms with E-state index < -0.39 is 11.7 Å². The molecule has 2 heterocycles. The van der Waals surface area contributed by atoms with E-state index in [1.165, 1.54) is 12.1 Å².